The third-order valence-electron chi connectivity index (χ3n) is 2.34. The van der Waals surface area contributed by atoms with Crippen molar-refractivity contribution in [3.8, 4) is 0 Å². The van der Waals surface area contributed by atoms with Crippen molar-refractivity contribution in [2.45, 2.75) is 19.1 Å². The largest absolute Gasteiger partial charge is 0.289 e. The van der Waals surface area contributed by atoms with E-state index in [2.05, 4.69) is 0 Å². The van der Waals surface area contributed by atoms with Crippen LogP contribution < -0.4 is 0 Å². The molecule has 0 aliphatic heterocycles. The zero-order valence-corrected chi connectivity index (χ0v) is 11.1. The molecule has 2 nitrogen and oxygen atoms in total. The Kier molecular flexibility index (Phi) is 3.40. The molecular weight excluding hydrogens is 256 g/mol. The summed E-state index contributed by atoms with van der Waals surface area (Å²) in [5.74, 6) is -0.236. The van der Waals surface area contributed by atoms with Crippen LogP contribution in [0.15, 0.2) is 29.2 Å². The number of fused-ring (bicyclic) bond motifs is 1. The van der Waals surface area contributed by atoms with Crippen molar-refractivity contribution in [2.24, 2.45) is 0 Å². The lowest BCUT2D eigenvalue weighted by molar-refractivity contribution is 0.0991. The highest BCUT2D eigenvalue weighted by molar-refractivity contribution is 8.04. The summed E-state index contributed by atoms with van der Waals surface area (Å²) in [5, 5.41) is 0.741. The van der Waals surface area contributed by atoms with Crippen molar-refractivity contribution in [1.82, 2.24) is 0 Å². The van der Waals surface area contributed by atoms with E-state index in [-0.39, 0.29) is 16.8 Å². The van der Waals surface area contributed by atoms with E-state index in [1.165, 1.54) is 17.8 Å². The Balaban J connectivity index is 2.46. The van der Waals surface area contributed by atoms with Gasteiger partial charge in [0.1, 0.15) is 0 Å². The average molecular weight is 267 g/mol. The topological polar surface area (TPSA) is 34.1 Å². The van der Waals surface area contributed by atoms with Gasteiger partial charge in [-0.3, -0.25) is 9.59 Å². The summed E-state index contributed by atoms with van der Waals surface area (Å²) in [4.78, 5) is 24.5. The zero-order chi connectivity index (χ0) is 12.6. The van der Waals surface area contributed by atoms with Crippen LogP contribution in [0.4, 0.5) is 0 Å². The molecule has 0 amide bonds. The van der Waals surface area contributed by atoms with E-state index in [4.69, 9.17) is 11.6 Å². The Morgan fingerprint density at radius 1 is 1.18 bits per heavy atom. The second-order valence-corrected chi connectivity index (χ2v) is 6.11. The summed E-state index contributed by atoms with van der Waals surface area (Å²) >= 11 is 7.23. The SMILES string of the molecule is CC(C)SC1=CC(=O)c2cc(Cl)ccc2C1=O. The second kappa shape index (κ2) is 4.67. The van der Waals surface area contributed by atoms with Crippen molar-refractivity contribution in [3.05, 3.63) is 45.3 Å². The van der Waals surface area contributed by atoms with Gasteiger partial charge in [-0.2, -0.15) is 0 Å². The first-order chi connectivity index (χ1) is 7.99. The second-order valence-electron chi connectivity index (χ2n) is 4.06. The predicted molar refractivity (Wildman–Crippen MR) is 70.9 cm³/mol. The Morgan fingerprint density at radius 2 is 1.88 bits per heavy atom. The summed E-state index contributed by atoms with van der Waals surface area (Å²) in [6, 6.07) is 4.80. The first-order valence-electron chi connectivity index (χ1n) is 5.26. The molecule has 1 aromatic rings. The van der Waals surface area contributed by atoms with Gasteiger partial charge in [-0.05, 0) is 18.2 Å². The minimum absolute atomic E-state index is 0.0880. The van der Waals surface area contributed by atoms with E-state index in [1.54, 1.807) is 18.2 Å². The number of hydrogen-bond donors (Lipinski definition) is 0. The molecule has 2 rings (SSSR count). The molecular formula is C13H11ClO2S. The molecule has 0 atom stereocenters. The maximum Gasteiger partial charge on any atom is 0.200 e. The number of rotatable bonds is 2. The van der Waals surface area contributed by atoms with E-state index in [0.717, 1.165) is 0 Å². The van der Waals surface area contributed by atoms with Crippen molar-refractivity contribution in [2.75, 3.05) is 0 Å². The molecule has 0 aromatic heterocycles. The average Bonchev–Trinajstić information content (AvgIpc) is 2.25. The summed E-state index contributed by atoms with van der Waals surface area (Å²) in [7, 11) is 0. The first kappa shape index (κ1) is 12.4. The number of halogens is 1. The standard InChI is InChI=1S/C13H11ClO2S/c1-7(2)17-12-6-11(15)10-5-8(14)3-4-9(10)13(12)16/h3-7H,1-2H3. The molecule has 0 saturated heterocycles. The van der Waals surface area contributed by atoms with Crippen LogP contribution in [-0.4, -0.2) is 16.8 Å². The summed E-state index contributed by atoms with van der Waals surface area (Å²) < 4.78 is 0. The van der Waals surface area contributed by atoms with Crippen molar-refractivity contribution < 1.29 is 9.59 Å². The smallest absolute Gasteiger partial charge is 0.200 e. The predicted octanol–water partition coefficient (Wildman–Crippen LogP) is 3.74. The maximum atomic E-state index is 12.1. The van der Waals surface area contributed by atoms with Gasteiger partial charge < -0.3 is 0 Å². The molecule has 88 valence electrons. The Labute approximate surface area is 109 Å². The Morgan fingerprint density at radius 3 is 2.53 bits per heavy atom. The van der Waals surface area contributed by atoms with Gasteiger partial charge in [0.25, 0.3) is 0 Å². The number of Topliss-reactive ketones (excluding diaryl/α,β-unsaturated/α-hetero) is 1. The molecule has 0 fully saturated rings. The highest BCUT2D eigenvalue weighted by atomic mass is 35.5. The molecule has 0 saturated carbocycles. The summed E-state index contributed by atoms with van der Waals surface area (Å²) in [5.41, 5.74) is 0.848. The fourth-order valence-corrected chi connectivity index (χ4v) is 2.73. The number of ketones is 2. The number of carbonyl (C=O) groups excluding carboxylic acids is 2. The van der Waals surface area contributed by atoms with Crippen LogP contribution in [0.3, 0.4) is 0 Å². The number of hydrogen-bond acceptors (Lipinski definition) is 3. The van der Waals surface area contributed by atoms with Crippen molar-refractivity contribution >= 4 is 34.9 Å². The fourth-order valence-electron chi connectivity index (χ4n) is 1.65. The van der Waals surface area contributed by atoms with E-state index >= 15 is 0 Å². The number of thioether (sulfide) groups is 1. The lowest BCUT2D eigenvalue weighted by Gasteiger charge is -2.16. The number of allylic oxidation sites excluding steroid dienone is 2. The Hall–Kier alpha value is -1.06. The lowest BCUT2D eigenvalue weighted by Crippen LogP contribution is -2.16. The molecule has 0 heterocycles. The molecule has 4 heteroatoms. The van der Waals surface area contributed by atoms with Crippen LogP contribution >= 0.6 is 23.4 Å². The van der Waals surface area contributed by atoms with Crippen molar-refractivity contribution in [1.29, 1.82) is 0 Å². The van der Waals surface area contributed by atoms with Gasteiger partial charge >= 0.3 is 0 Å². The first-order valence-corrected chi connectivity index (χ1v) is 6.51. The fraction of sp³-hybridized carbons (Fsp3) is 0.231. The highest BCUT2D eigenvalue weighted by Crippen LogP contribution is 2.31. The van der Waals surface area contributed by atoms with E-state index in [0.29, 0.717) is 21.1 Å². The number of carbonyl (C=O) groups is 2. The third kappa shape index (κ3) is 2.45. The van der Waals surface area contributed by atoms with E-state index in [1.807, 2.05) is 13.8 Å². The molecule has 1 aromatic carbocycles. The van der Waals surface area contributed by atoms with Gasteiger partial charge in [-0.15, -0.1) is 11.8 Å². The van der Waals surface area contributed by atoms with Crippen LogP contribution in [0.5, 0.6) is 0 Å². The highest BCUT2D eigenvalue weighted by Gasteiger charge is 2.26. The summed E-state index contributed by atoms with van der Waals surface area (Å²) in [6.45, 7) is 3.97. The summed E-state index contributed by atoms with van der Waals surface area (Å²) in [6.07, 6.45) is 1.41. The molecule has 17 heavy (non-hydrogen) atoms. The zero-order valence-electron chi connectivity index (χ0n) is 9.49. The van der Waals surface area contributed by atoms with E-state index < -0.39 is 0 Å². The van der Waals surface area contributed by atoms with Crippen LogP contribution in [0.1, 0.15) is 34.6 Å². The molecule has 0 spiro atoms. The third-order valence-corrected chi connectivity index (χ3v) is 3.60. The molecule has 0 N–H and O–H groups in total. The monoisotopic (exact) mass is 266 g/mol. The quantitative estimate of drug-likeness (QED) is 0.818. The molecule has 0 radical (unpaired) electrons. The number of benzene rings is 1. The minimum atomic E-state index is -0.148. The molecule has 1 aliphatic rings. The molecule has 0 unspecified atom stereocenters. The maximum absolute atomic E-state index is 12.1. The van der Waals surface area contributed by atoms with Gasteiger partial charge in [0.15, 0.2) is 11.6 Å². The van der Waals surface area contributed by atoms with Crippen LogP contribution in [0.25, 0.3) is 0 Å². The van der Waals surface area contributed by atoms with Crippen molar-refractivity contribution in [3.63, 3.8) is 0 Å². The van der Waals surface area contributed by atoms with Crippen LogP contribution in [-0.2, 0) is 0 Å². The van der Waals surface area contributed by atoms with Gasteiger partial charge in [-0.1, -0.05) is 25.4 Å². The molecule has 0 bridgehead atoms. The van der Waals surface area contributed by atoms with Crippen LogP contribution in [0, 0.1) is 0 Å². The van der Waals surface area contributed by atoms with Gasteiger partial charge in [0.05, 0.1) is 4.91 Å². The minimum Gasteiger partial charge on any atom is -0.289 e. The lowest BCUT2D eigenvalue weighted by atomic mass is 9.95. The van der Waals surface area contributed by atoms with Gasteiger partial charge in [-0.25, -0.2) is 0 Å². The Bertz CT molecular complexity index is 532. The van der Waals surface area contributed by atoms with Crippen LogP contribution in [0.2, 0.25) is 5.02 Å². The normalized spacial score (nSPS) is 14.9. The molecule has 1 aliphatic carbocycles. The van der Waals surface area contributed by atoms with Gasteiger partial charge in [0, 0.05) is 27.5 Å². The van der Waals surface area contributed by atoms with E-state index in [9.17, 15) is 9.59 Å². The van der Waals surface area contributed by atoms with Gasteiger partial charge in [0.2, 0.25) is 0 Å².